The molecule has 158 valence electrons. The average molecular weight is 408 g/mol. The van der Waals surface area contributed by atoms with E-state index in [2.05, 4.69) is 10.6 Å². The lowest BCUT2D eigenvalue weighted by atomic mass is 9.82. The van der Waals surface area contributed by atoms with Gasteiger partial charge in [0, 0.05) is 36.0 Å². The number of benzene rings is 2. The highest BCUT2D eigenvalue weighted by atomic mass is 16.5. The maximum atomic E-state index is 12.8. The highest BCUT2D eigenvalue weighted by Gasteiger charge is 2.38. The monoisotopic (exact) mass is 408 g/mol. The molecule has 0 aromatic heterocycles. The van der Waals surface area contributed by atoms with Crippen molar-refractivity contribution in [3.8, 4) is 0 Å². The topological polar surface area (TPSA) is 76.7 Å². The lowest BCUT2D eigenvalue weighted by molar-refractivity contribution is -0.149. The summed E-state index contributed by atoms with van der Waals surface area (Å²) in [4.78, 5) is 25.5. The Hall–Kier alpha value is -3.28. The van der Waals surface area contributed by atoms with Crippen LogP contribution in [0.1, 0.15) is 26.7 Å². The van der Waals surface area contributed by atoms with Crippen LogP contribution >= 0.6 is 0 Å². The lowest BCUT2D eigenvalue weighted by Crippen LogP contribution is -2.41. The number of ether oxygens (including phenoxy) is 2. The first kappa shape index (κ1) is 21.4. The second kappa shape index (κ2) is 10.5. The minimum Gasteiger partial charge on any atom is -0.466 e. The van der Waals surface area contributed by atoms with Crippen molar-refractivity contribution in [1.82, 2.24) is 0 Å². The van der Waals surface area contributed by atoms with Gasteiger partial charge in [0.15, 0.2) is 0 Å². The number of rotatable bonds is 8. The fourth-order valence-electron chi connectivity index (χ4n) is 3.61. The summed E-state index contributed by atoms with van der Waals surface area (Å²) in [6.07, 6.45) is 0.707. The van der Waals surface area contributed by atoms with Crippen LogP contribution in [0.15, 0.2) is 71.9 Å². The molecular weight excluding hydrogens is 380 g/mol. The second-order valence-electron chi connectivity index (χ2n) is 7.05. The molecule has 30 heavy (non-hydrogen) atoms. The molecule has 0 aliphatic heterocycles. The van der Waals surface area contributed by atoms with Crippen LogP contribution in [0.2, 0.25) is 0 Å². The molecule has 0 heterocycles. The summed E-state index contributed by atoms with van der Waals surface area (Å²) in [5.41, 5.74) is 2.99. The van der Waals surface area contributed by atoms with Crippen LogP contribution in [0.5, 0.6) is 0 Å². The fourth-order valence-corrected chi connectivity index (χ4v) is 3.61. The zero-order chi connectivity index (χ0) is 21.3. The zero-order valence-electron chi connectivity index (χ0n) is 17.4. The van der Waals surface area contributed by atoms with E-state index in [0.717, 1.165) is 11.4 Å². The van der Waals surface area contributed by atoms with Crippen LogP contribution in [0.4, 0.5) is 11.4 Å². The summed E-state index contributed by atoms with van der Waals surface area (Å²) >= 11 is 0. The first-order chi connectivity index (χ1) is 14.6. The van der Waals surface area contributed by atoms with Gasteiger partial charge in [0.1, 0.15) is 0 Å². The molecule has 0 saturated heterocycles. The molecule has 2 aromatic rings. The smallest absolute Gasteiger partial charge is 0.335 e. The predicted molar refractivity (Wildman–Crippen MR) is 117 cm³/mol. The maximum Gasteiger partial charge on any atom is 0.335 e. The van der Waals surface area contributed by atoms with Gasteiger partial charge in [-0.1, -0.05) is 36.4 Å². The molecule has 6 heteroatoms. The Morgan fingerprint density at radius 3 is 2.07 bits per heavy atom. The minimum absolute atomic E-state index is 0.277. The van der Waals surface area contributed by atoms with Gasteiger partial charge in [-0.05, 0) is 38.1 Å². The molecule has 2 N–H and O–H groups in total. The van der Waals surface area contributed by atoms with Gasteiger partial charge in [-0.2, -0.15) is 0 Å². The Morgan fingerprint density at radius 2 is 1.47 bits per heavy atom. The van der Waals surface area contributed by atoms with Crippen molar-refractivity contribution < 1.29 is 19.1 Å². The fraction of sp³-hybridized carbons (Fsp3) is 0.333. The number of para-hydroxylation sites is 2. The van der Waals surface area contributed by atoms with Crippen molar-refractivity contribution in [2.45, 2.75) is 32.7 Å². The van der Waals surface area contributed by atoms with E-state index in [1.807, 2.05) is 60.7 Å². The molecule has 0 bridgehead atoms. The van der Waals surface area contributed by atoms with Crippen LogP contribution in [-0.2, 0) is 19.1 Å². The van der Waals surface area contributed by atoms with E-state index in [-0.39, 0.29) is 18.0 Å². The van der Waals surface area contributed by atoms with Gasteiger partial charge < -0.3 is 20.1 Å². The van der Waals surface area contributed by atoms with E-state index in [1.165, 1.54) is 0 Å². The van der Waals surface area contributed by atoms with Gasteiger partial charge in [-0.25, -0.2) is 4.79 Å². The lowest BCUT2D eigenvalue weighted by Gasteiger charge is -2.34. The maximum absolute atomic E-state index is 12.8. The van der Waals surface area contributed by atoms with E-state index >= 15 is 0 Å². The Morgan fingerprint density at radius 1 is 0.867 bits per heavy atom. The standard InChI is InChI=1S/C24H28N2O4/c1-3-29-23(27)19-15-22(26-18-13-9-6-10-14-18)20(24(28)30-4-2)16-21(19)25-17-11-7-5-8-12-17/h5-14,19,21,25-26H,3-4,15-16H2,1-2H3. The number of carbonyl (C=O) groups is 2. The molecule has 0 amide bonds. The zero-order valence-corrected chi connectivity index (χ0v) is 17.4. The minimum atomic E-state index is -0.436. The van der Waals surface area contributed by atoms with Crippen LogP contribution < -0.4 is 10.6 Å². The average Bonchev–Trinajstić information content (AvgIpc) is 2.76. The van der Waals surface area contributed by atoms with E-state index in [4.69, 9.17) is 9.47 Å². The Bertz CT molecular complexity index is 881. The van der Waals surface area contributed by atoms with Gasteiger partial charge >= 0.3 is 11.9 Å². The van der Waals surface area contributed by atoms with Crippen LogP contribution in [0.25, 0.3) is 0 Å². The predicted octanol–water partition coefficient (Wildman–Crippen LogP) is 4.37. The number of carbonyl (C=O) groups excluding carboxylic acids is 2. The van der Waals surface area contributed by atoms with Crippen LogP contribution in [-0.4, -0.2) is 31.2 Å². The van der Waals surface area contributed by atoms with E-state index < -0.39 is 5.92 Å². The number of esters is 2. The molecule has 3 rings (SSSR count). The molecule has 2 unspecified atom stereocenters. The molecule has 6 nitrogen and oxygen atoms in total. The summed E-state index contributed by atoms with van der Waals surface area (Å²) in [6.45, 7) is 4.18. The summed E-state index contributed by atoms with van der Waals surface area (Å²) in [5, 5.41) is 6.74. The molecule has 0 spiro atoms. The Balaban J connectivity index is 1.94. The largest absolute Gasteiger partial charge is 0.466 e. The van der Waals surface area contributed by atoms with Gasteiger partial charge in [0.2, 0.25) is 0 Å². The van der Waals surface area contributed by atoms with Crippen LogP contribution in [0, 0.1) is 5.92 Å². The molecule has 2 atom stereocenters. The molecule has 0 saturated carbocycles. The molecule has 0 fully saturated rings. The molecule has 0 radical (unpaired) electrons. The van der Waals surface area contributed by atoms with Crippen molar-refractivity contribution in [2.75, 3.05) is 23.8 Å². The Labute approximate surface area is 177 Å². The van der Waals surface area contributed by atoms with Crippen molar-refractivity contribution in [1.29, 1.82) is 0 Å². The number of nitrogens with one attached hydrogen (secondary N) is 2. The SMILES string of the molecule is CCOC(=O)C1=C(Nc2ccccc2)CC(C(=O)OCC)C(Nc2ccccc2)C1. The molecular formula is C24H28N2O4. The highest BCUT2D eigenvalue weighted by Crippen LogP contribution is 2.34. The third-order valence-corrected chi connectivity index (χ3v) is 5.00. The molecule has 1 aliphatic carbocycles. The summed E-state index contributed by atoms with van der Waals surface area (Å²) in [6, 6.07) is 19.0. The summed E-state index contributed by atoms with van der Waals surface area (Å²) in [5.74, 6) is -1.08. The first-order valence-electron chi connectivity index (χ1n) is 10.3. The van der Waals surface area contributed by atoms with Crippen molar-refractivity contribution in [3.05, 3.63) is 71.9 Å². The second-order valence-corrected chi connectivity index (χ2v) is 7.05. The Kier molecular flexibility index (Phi) is 7.49. The quantitative estimate of drug-likeness (QED) is 0.632. The summed E-state index contributed by atoms with van der Waals surface area (Å²) < 4.78 is 10.7. The molecule has 2 aromatic carbocycles. The first-order valence-corrected chi connectivity index (χ1v) is 10.3. The third-order valence-electron chi connectivity index (χ3n) is 5.00. The normalized spacial score (nSPS) is 18.5. The highest BCUT2D eigenvalue weighted by molar-refractivity contribution is 5.91. The van der Waals surface area contributed by atoms with Gasteiger partial charge in [0.25, 0.3) is 0 Å². The van der Waals surface area contributed by atoms with Crippen molar-refractivity contribution in [3.63, 3.8) is 0 Å². The number of allylic oxidation sites excluding steroid dienone is 1. The van der Waals surface area contributed by atoms with Crippen molar-refractivity contribution in [2.24, 2.45) is 5.92 Å². The number of hydrogen-bond acceptors (Lipinski definition) is 6. The van der Waals surface area contributed by atoms with Gasteiger partial charge in [0.05, 0.1) is 24.7 Å². The van der Waals surface area contributed by atoms with E-state index in [1.54, 1.807) is 13.8 Å². The van der Waals surface area contributed by atoms with Crippen LogP contribution in [0.3, 0.4) is 0 Å². The third kappa shape index (κ3) is 5.41. The van der Waals surface area contributed by atoms with Gasteiger partial charge in [-0.3, -0.25) is 4.79 Å². The molecule has 1 aliphatic rings. The van der Waals surface area contributed by atoms with E-state index in [0.29, 0.717) is 37.3 Å². The summed E-state index contributed by atoms with van der Waals surface area (Å²) in [7, 11) is 0. The van der Waals surface area contributed by atoms with Gasteiger partial charge in [-0.15, -0.1) is 0 Å². The van der Waals surface area contributed by atoms with Crippen molar-refractivity contribution >= 4 is 23.3 Å². The van der Waals surface area contributed by atoms with E-state index in [9.17, 15) is 9.59 Å². The number of hydrogen-bond donors (Lipinski definition) is 2. The number of anilines is 2.